The Labute approximate surface area is 176 Å². The van der Waals surface area contributed by atoms with Crippen LogP contribution in [0.5, 0.6) is 0 Å². The normalized spacial score (nSPS) is 11.3. The molecule has 0 amide bonds. The van der Waals surface area contributed by atoms with Crippen LogP contribution >= 0.6 is 0 Å². The molecule has 0 heteroatoms. The lowest BCUT2D eigenvalue weighted by atomic mass is 9.91. The molecule has 0 heterocycles. The molecule has 0 bridgehead atoms. The Hall–Kier alpha value is -3.90. The molecular weight excluding hydrogens is 360 g/mol. The van der Waals surface area contributed by atoms with Crippen LogP contribution in [-0.4, -0.2) is 0 Å². The molecule has 0 fully saturated rings. The maximum atomic E-state index is 2.33. The van der Waals surface area contributed by atoms with Crippen molar-refractivity contribution in [3.63, 3.8) is 0 Å². The van der Waals surface area contributed by atoms with Gasteiger partial charge in [0.25, 0.3) is 0 Å². The minimum Gasteiger partial charge on any atom is -0.0622 e. The zero-order chi connectivity index (χ0) is 19.9. The third-order valence-electron chi connectivity index (χ3n) is 6.06. The molecule has 30 heavy (non-hydrogen) atoms. The summed E-state index contributed by atoms with van der Waals surface area (Å²) >= 11 is 0. The van der Waals surface area contributed by atoms with Gasteiger partial charge in [0, 0.05) is 0 Å². The molecule has 0 nitrogen and oxygen atoms in total. The van der Waals surface area contributed by atoms with Gasteiger partial charge in [0.15, 0.2) is 0 Å². The van der Waals surface area contributed by atoms with E-state index in [2.05, 4.69) is 121 Å². The van der Waals surface area contributed by atoms with Crippen LogP contribution in [0.4, 0.5) is 0 Å². The molecule has 6 rings (SSSR count). The molecule has 0 atom stereocenters. The quantitative estimate of drug-likeness (QED) is 0.264. The second-order valence-electron chi connectivity index (χ2n) is 7.79. The van der Waals surface area contributed by atoms with Crippen LogP contribution in [0.25, 0.3) is 54.6 Å². The zero-order valence-electron chi connectivity index (χ0n) is 16.5. The summed E-state index contributed by atoms with van der Waals surface area (Å²) in [5.41, 5.74) is 5.07. The fourth-order valence-corrected chi connectivity index (χ4v) is 4.60. The number of rotatable bonds is 2. The first-order valence-corrected chi connectivity index (χ1v) is 10.4. The van der Waals surface area contributed by atoms with Crippen LogP contribution in [0.3, 0.4) is 0 Å². The summed E-state index contributed by atoms with van der Waals surface area (Å²) in [6.45, 7) is 0. The van der Waals surface area contributed by atoms with Crippen molar-refractivity contribution >= 4 is 32.3 Å². The average molecular weight is 380 g/mol. The van der Waals surface area contributed by atoms with Gasteiger partial charge in [-0.2, -0.15) is 0 Å². The first-order chi connectivity index (χ1) is 14.9. The smallest absolute Gasteiger partial charge is 0.00992 e. The summed E-state index contributed by atoms with van der Waals surface area (Å²) in [7, 11) is 0. The summed E-state index contributed by atoms with van der Waals surface area (Å²) in [5, 5.41) is 7.77. The molecular formula is C30H20. The first-order valence-electron chi connectivity index (χ1n) is 10.4. The second kappa shape index (κ2) is 6.86. The van der Waals surface area contributed by atoms with E-state index in [0.29, 0.717) is 0 Å². The highest BCUT2D eigenvalue weighted by Gasteiger charge is 2.10. The van der Waals surface area contributed by atoms with Gasteiger partial charge in [-0.05, 0) is 60.6 Å². The fourth-order valence-electron chi connectivity index (χ4n) is 4.60. The lowest BCUT2D eigenvalue weighted by molar-refractivity contribution is 1.64. The minimum atomic E-state index is 1.25. The van der Waals surface area contributed by atoms with Crippen molar-refractivity contribution in [1.29, 1.82) is 0 Å². The van der Waals surface area contributed by atoms with Crippen molar-refractivity contribution in [3.8, 4) is 22.3 Å². The zero-order valence-corrected chi connectivity index (χ0v) is 16.5. The Bertz CT molecular complexity index is 1520. The molecule has 6 aromatic rings. The summed E-state index contributed by atoms with van der Waals surface area (Å²) in [5.74, 6) is 0. The molecule has 0 N–H and O–H groups in total. The molecule has 0 saturated heterocycles. The molecule has 0 aliphatic rings. The standard InChI is InChI=1S/C30H20/c1-2-8-21(9-3-1)26-18-19-28(30-13-7-6-12-29(26)30)24-16-17-27-23(20-24)15-14-22-10-4-5-11-25(22)27/h1-20H. The molecule has 0 radical (unpaired) electrons. The van der Waals surface area contributed by atoms with Crippen LogP contribution < -0.4 is 0 Å². The predicted octanol–water partition coefficient (Wildman–Crippen LogP) is 8.48. The summed E-state index contributed by atoms with van der Waals surface area (Å²) < 4.78 is 0. The Balaban J connectivity index is 1.58. The molecule has 0 aliphatic heterocycles. The van der Waals surface area contributed by atoms with E-state index in [0.717, 1.165) is 0 Å². The van der Waals surface area contributed by atoms with Gasteiger partial charge in [0.2, 0.25) is 0 Å². The van der Waals surface area contributed by atoms with Gasteiger partial charge in [-0.25, -0.2) is 0 Å². The van der Waals surface area contributed by atoms with Gasteiger partial charge in [0.1, 0.15) is 0 Å². The van der Waals surface area contributed by atoms with E-state index < -0.39 is 0 Å². The Morgan fingerprint density at radius 2 is 0.867 bits per heavy atom. The van der Waals surface area contributed by atoms with Crippen LogP contribution in [0.2, 0.25) is 0 Å². The minimum absolute atomic E-state index is 1.25. The fraction of sp³-hybridized carbons (Fsp3) is 0. The lowest BCUT2D eigenvalue weighted by Gasteiger charge is -2.13. The average Bonchev–Trinajstić information content (AvgIpc) is 2.83. The van der Waals surface area contributed by atoms with E-state index in [-0.39, 0.29) is 0 Å². The van der Waals surface area contributed by atoms with Crippen LogP contribution in [0.15, 0.2) is 121 Å². The number of fused-ring (bicyclic) bond motifs is 4. The number of benzene rings is 6. The third kappa shape index (κ3) is 2.69. The topological polar surface area (TPSA) is 0 Å². The summed E-state index contributed by atoms with van der Waals surface area (Å²) in [4.78, 5) is 0. The molecule has 140 valence electrons. The van der Waals surface area contributed by atoms with Crippen LogP contribution in [0.1, 0.15) is 0 Å². The van der Waals surface area contributed by atoms with Crippen molar-refractivity contribution < 1.29 is 0 Å². The maximum Gasteiger partial charge on any atom is -0.00992 e. The summed E-state index contributed by atoms with van der Waals surface area (Å²) in [6.07, 6.45) is 0. The van der Waals surface area contributed by atoms with Crippen molar-refractivity contribution in [1.82, 2.24) is 0 Å². The monoisotopic (exact) mass is 380 g/mol. The van der Waals surface area contributed by atoms with Crippen LogP contribution in [-0.2, 0) is 0 Å². The Morgan fingerprint density at radius 1 is 0.300 bits per heavy atom. The molecule has 0 unspecified atom stereocenters. The number of hydrogen-bond acceptors (Lipinski definition) is 0. The largest absolute Gasteiger partial charge is 0.0622 e. The third-order valence-corrected chi connectivity index (χ3v) is 6.06. The maximum absolute atomic E-state index is 2.33. The Kier molecular flexibility index (Phi) is 3.89. The van der Waals surface area contributed by atoms with E-state index in [1.807, 2.05) is 0 Å². The second-order valence-corrected chi connectivity index (χ2v) is 7.79. The van der Waals surface area contributed by atoms with Crippen LogP contribution in [0, 0.1) is 0 Å². The van der Waals surface area contributed by atoms with Crippen molar-refractivity contribution in [2.24, 2.45) is 0 Å². The molecule has 0 spiro atoms. The SMILES string of the molecule is c1ccc(-c2ccc(-c3ccc4c(ccc5ccccc54)c3)c3ccccc23)cc1. The molecule has 0 aromatic heterocycles. The van der Waals surface area contributed by atoms with E-state index in [1.165, 1.54) is 54.6 Å². The van der Waals surface area contributed by atoms with Gasteiger partial charge in [-0.1, -0.05) is 115 Å². The lowest BCUT2D eigenvalue weighted by Crippen LogP contribution is -1.86. The van der Waals surface area contributed by atoms with Gasteiger partial charge in [0.05, 0.1) is 0 Å². The highest BCUT2D eigenvalue weighted by atomic mass is 14.1. The Morgan fingerprint density at radius 3 is 1.63 bits per heavy atom. The van der Waals surface area contributed by atoms with Gasteiger partial charge >= 0.3 is 0 Å². The van der Waals surface area contributed by atoms with Crippen molar-refractivity contribution in [2.45, 2.75) is 0 Å². The van der Waals surface area contributed by atoms with Gasteiger partial charge < -0.3 is 0 Å². The van der Waals surface area contributed by atoms with Gasteiger partial charge in [-0.3, -0.25) is 0 Å². The highest BCUT2D eigenvalue weighted by molar-refractivity contribution is 6.10. The van der Waals surface area contributed by atoms with E-state index in [4.69, 9.17) is 0 Å². The highest BCUT2D eigenvalue weighted by Crippen LogP contribution is 2.37. The van der Waals surface area contributed by atoms with Crippen molar-refractivity contribution in [2.75, 3.05) is 0 Å². The van der Waals surface area contributed by atoms with Gasteiger partial charge in [-0.15, -0.1) is 0 Å². The van der Waals surface area contributed by atoms with E-state index >= 15 is 0 Å². The van der Waals surface area contributed by atoms with E-state index in [1.54, 1.807) is 0 Å². The molecule has 0 aliphatic carbocycles. The molecule has 0 saturated carbocycles. The first kappa shape index (κ1) is 17.0. The number of hydrogen-bond donors (Lipinski definition) is 0. The van der Waals surface area contributed by atoms with E-state index in [9.17, 15) is 0 Å². The molecule has 6 aromatic carbocycles. The van der Waals surface area contributed by atoms with Crippen molar-refractivity contribution in [3.05, 3.63) is 121 Å². The summed E-state index contributed by atoms with van der Waals surface area (Å²) in [6, 6.07) is 43.8. The predicted molar refractivity (Wildman–Crippen MR) is 130 cm³/mol.